The second-order valence-corrected chi connectivity index (χ2v) is 6.97. The molecule has 0 saturated heterocycles. The Morgan fingerprint density at radius 3 is 2.53 bits per heavy atom. The lowest BCUT2D eigenvalue weighted by Gasteiger charge is -2.14. The number of aromatic nitrogens is 1. The van der Waals surface area contributed by atoms with E-state index in [1.807, 2.05) is 6.07 Å². The molecule has 30 heavy (non-hydrogen) atoms. The number of halogens is 1. The summed E-state index contributed by atoms with van der Waals surface area (Å²) in [6, 6.07) is 7.86. The zero-order chi connectivity index (χ0) is 22.3. The van der Waals surface area contributed by atoms with Gasteiger partial charge in [-0.3, -0.25) is 14.4 Å². The highest BCUT2D eigenvalue weighted by Gasteiger charge is 2.19. The maximum atomic E-state index is 12.9. The molecular weight excluding hydrogens is 389 g/mol. The van der Waals surface area contributed by atoms with E-state index in [4.69, 9.17) is 10.00 Å². The molecule has 8 heteroatoms. The highest BCUT2D eigenvalue weighted by atomic mass is 19.1. The molecule has 2 rings (SSSR count). The first-order valence-corrected chi connectivity index (χ1v) is 9.57. The third kappa shape index (κ3) is 6.01. The second kappa shape index (κ2) is 10.3. The summed E-state index contributed by atoms with van der Waals surface area (Å²) in [5.74, 6) is -1.30. The molecule has 0 aliphatic rings. The first kappa shape index (κ1) is 22.8. The number of hydrogen-bond donors (Lipinski definition) is 2. The first-order chi connectivity index (χ1) is 14.2. The fourth-order valence-corrected chi connectivity index (χ4v) is 3.08. The minimum atomic E-state index is -0.960. The number of benzene rings is 1. The number of carbonyl (C=O) groups is 2. The van der Waals surface area contributed by atoms with Gasteiger partial charge in [0.15, 0.2) is 6.10 Å². The summed E-state index contributed by atoms with van der Waals surface area (Å²) in [6.07, 6.45) is -0.149. The number of amides is 1. The Labute approximate surface area is 173 Å². The van der Waals surface area contributed by atoms with E-state index >= 15 is 0 Å². The molecule has 7 nitrogen and oxygen atoms in total. The average molecular weight is 413 g/mol. The van der Waals surface area contributed by atoms with Gasteiger partial charge in [-0.1, -0.05) is 12.1 Å². The molecule has 1 amide bonds. The molecular formula is C22H24FN3O4. The van der Waals surface area contributed by atoms with Crippen molar-refractivity contribution in [3.63, 3.8) is 0 Å². The van der Waals surface area contributed by atoms with Gasteiger partial charge in [0.2, 0.25) is 0 Å². The summed E-state index contributed by atoms with van der Waals surface area (Å²) in [7, 11) is 0. The standard InChI is InChI=1S/C22H24FN3O4/c1-13-18(14(2)26-22(29)19(13)12-24)8-9-20(27)30-15(3)21(28)25-11-10-16-4-6-17(23)7-5-16/h4-7,15H,8-11H2,1-3H3,(H,25,28)(H,26,29)/t15-/m1/s1. The van der Waals surface area contributed by atoms with Crippen molar-refractivity contribution >= 4 is 11.9 Å². The molecule has 0 fully saturated rings. The van der Waals surface area contributed by atoms with Gasteiger partial charge in [0.1, 0.15) is 17.4 Å². The van der Waals surface area contributed by atoms with Crippen LogP contribution in [-0.2, 0) is 27.2 Å². The first-order valence-electron chi connectivity index (χ1n) is 9.57. The molecule has 0 unspecified atom stereocenters. The Morgan fingerprint density at radius 1 is 1.23 bits per heavy atom. The smallest absolute Gasteiger partial charge is 0.306 e. The van der Waals surface area contributed by atoms with Crippen molar-refractivity contribution < 1.29 is 18.7 Å². The Bertz CT molecular complexity index is 1020. The van der Waals surface area contributed by atoms with Crippen LogP contribution in [0.3, 0.4) is 0 Å². The Balaban J connectivity index is 1.83. The van der Waals surface area contributed by atoms with Gasteiger partial charge in [-0.15, -0.1) is 0 Å². The minimum Gasteiger partial charge on any atom is -0.453 e. The lowest BCUT2D eigenvalue weighted by atomic mass is 9.99. The predicted octanol–water partition coefficient (Wildman–Crippen LogP) is 2.23. The number of esters is 1. The lowest BCUT2D eigenvalue weighted by molar-refractivity contribution is -0.154. The number of H-pyrrole nitrogens is 1. The van der Waals surface area contributed by atoms with Gasteiger partial charge < -0.3 is 15.0 Å². The quantitative estimate of drug-likeness (QED) is 0.645. The van der Waals surface area contributed by atoms with E-state index in [1.54, 1.807) is 26.0 Å². The summed E-state index contributed by atoms with van der Waals surface area (Å²) >= 11 is 0. The van der Waals surface area contributed by atoms with Crippen molar-refractivity contribution in [1.29, 1.82) is 5.26 Å². The van der Waals surface area contributed by atoms with Crippen LogP contribution in [0.1, 0.15) is 41.3 Å². The van der Waals surface area contributed by atoms with Crippen molar-refractivity contribution in [1.82, 2.24) is 10.3 Å². The number of ether oxygens (including phenoxy) is 1. The van der Waals surface area contributed by atoms with Crippen molar-refractivity contribution in [3.05, 3.63) is 68.4 Å². The molecule has 0 aliphatic carbocycles. The third-order valence-corrected chi connectivity index (χ3v) is 4.80. The average Bonchev–Trinajstić information content (AvgIpc) is 2.69. The maximum Gasteiger partial charge on any atom is 0.306 e. The normalized spacial score (nSPS) is 11.4. The van der Waals surface area contributed by atoms with Crippen LogP contribution in [0.25, 0.3) is 0 Å². The van der Waals surface area contributed by atoms with Crippen LogP contribution in [0.5, 0.6) is 0 Å². The zero-order valence-corrected chi connectivity index (χ0v) is 17.2. The Hall–Kier alpha value is -3.47. The van der Waals surface area contributed by atoms with Crippen LogP contribution >= 0.6 is 0 Å². The van der Waals surface area contributed by atoms with Crippen LogP contribution in [0.4, 0.5) is 4.39 Å². The Morgan fingerprint density at radius 2 is 1.90 bits per heavy atom. The number of pyridine rings is 1. The van der Waals surface area contributed by atoms with E-state index in [9.17, 15) is 18.8 Å². The highest BCUT2D eigenvalue weighted by molar-refractivity contribution is 5.83. The van der Waals surface area contributed by atoms with Crippen molar-refractivity contribution in [2.24, 2.45) is 0 Å². The van der Waals surface area contributed by atoms with E-state index in [2.05, 4.69) is 10.3 Å². The monoisotopic (exact) mass is 413 g/mol. The topological polar surface area (TPSA) is 112 Å². The molecule has 0 saturated carbocycles. The molecule has 0 spiro atoms. The summed E-state index contributed by atoms with van der Waals surface area (Å²) in [5, 5.41) is 11.8. The van der Waals surface area contributed by atoms with E-state index in [0.717, 1.165) is 5.56 Å². The van der Waals surface area contributed by atoms with Gasteiger partial charge in [0.05, 0.1) is 0 Å². The van der Waals surface area contributed by atoms with Crippen LogP contribution in [0, 0.1) is 31.0 Å². The van der Waals surface area contributed by atoms with Crippen molar-refractivity contribution in [2.75, 3.05) is 6.54 Å². The molecule has 1 aromatic carbocycles. The number of hydrogen-bond acceptors (Lipinski definition) is 5. The molecule has 0 aliphatic heterocycles. The van der Waals surface area contributed by atoms with Crippen molar-refractivity contribution in [3.8, 4) is 6.07 Å². The molecule has 1 atom stereocenters. The van der Waals surface area contributed by atoms with E-state index in [-0.39, 0.29) is 24.2 Å². The largest absolute Gasteiger partial charge is 0.453 e. The zero-order valence-electron chi connectivity index (χ0n) is 17.2. The van der Waals surface area contributed by atoms with Crippen LogP contribution in [0.2, 0.25) is 0 Å². The van der Waals surface area contributed by atoms with Crippen molar-refractivity contribution in [2.45, 2.75) is 46.1 Å². The van der Waals surface area contributed by atoms with E-state index < -0.39 is 23.5 Å². The minimum absolute atomic E-state index is 0.00575. The highest BCUT2D eigenvalue weighted by Crippen LogP contribution is 2.15. The number of nitriles is 1. The molecule has 1 heterocycles. The van der Waals surface area contributed by atoms with Gasteiger partial charge >= 0.3 is 5.97 Å². The number of nitrogens with zero attached hydrogens (tertiary/aromatic N) is 1. The Kier molecular flexibility index (Phi) is 7.87. The molecule has 158 valence electrons. The maximum absolute atomic E-state index is 12.9. The number of aromatic amines is 1. The van der Waals surface area contributed by atoms with Gasteiger partial charge in [-0.05, 0) is 62.4 Å². The summed E-state index contributed by atoms with van der Waals surface area (Å²) in [6.45, 7) is 5.18. The number of aryl methyl sites for hydroxylation is 1. The predicted molar refractivity (Wildman–Crippen MR) is 108 cm³/mol. The summed E-state index contributed by atoms with van der Waals surface area (Å²) in [5.41, 5.74) is 2.29. The lowest BCUT2D eigenvalue weighted by Crippen LogP contribution is -2.37. The molecule has 0 radical (unpaired) electrons. The van der Waals surface area contributed by atoms with E-state index in [0.29, 0.717) is 29.8 Å². The third-order valence-electron chi connectivity index (χ3n) is 4.80. The summed E-state index contributed by atoms with van der Waals surface area (Å²) in [4.78, 5) is 38.6. The SMILES string of the molecule is Cc1[nH]c(=O)c(C#N)c(C)c1CCC(=O)O[C@H](C)C(=O)NCCc1ccc(F)cc1. The number of carbonyl (C=O) groups excluding carboxylic acids is 2. The fourth-order valence-electron chi connectivity index (χ4n) is 3.08. The number of nitrogens with one attached hydrogen (secondary N) is 2. The van der Waals surface area contributed by atoms with Crippen LogP contribution < -0.4 is 10.9 Å². The summed E-state index contributed by atoms with van der Waals surface area (Å²) < 4.78 is 18.1. The van der Waals surface area contributed by atoms with Crippen LogP contribution in [-0.4, -0.2) is 29.5 Å². The van der Waals surface area contributed by atoms with Gasteiger partial charge in [-0.25, -0.2) is 4.39 Å². The molecule has 2 N–H and O–H groups in total. The van der Waals surface area contributed by atoms with E-state index in [1.165, 1.54) is 19.1 Å². The van der Waals surface area contributed by atoms with Gasteiger partial charge in [0, 0.05) is 18.7 Å². The van der Waals surface area contributed by atoms with Gasteiger partial charge in [0.25, 0.3) is 11.5 Å². The molecule has 2 aromatic rings. The molecule has 1 aromatic heterocycles. The van der Waals surface area contributed by atoms with Crippen LogP contribution in [0.15, 0.2) is 29.1 Å². The number of rotatable bonds is 8. The van der Waals surface area contributed by atoms with Gasteiger partial charge in [-0.2, -0.15) is 5.26 Å². The second-order valence-electron chi connectivity index (χ2n) is 6.97. The fraction of sp³-hybridized carbons (Fsp3) is 0.364. The molecule has 0 bridgehead atoms.